The number of carbonyl (C=O) groups excluding carboxylic acids is 2. The van der Waals surface area contributed by atoms with Gasteiger partial charge in [-0.1, -0.05) is 49.7 Å². The summed E-state index contributed by atoms with van der Waals surface area (Å²) in [7, 11) is 0. The lowest BCUT2D eigenvalue weighted by atomic mass is 10.0. The van der Waals surface area contributed by atoms with Crippen LogP contribution in [0.4, 0.5) is 0 Å². The molecule has 5 nitrogen and oxygen atoms in total. The molecule has 0 radical (unpaired) electrons. The molecule has 1 heterocycles. The number of nitrogens with two attached hydrogens (primary N) is 2. The van der Waals surface area contributed by atoms with Gasteiger partial charge in [0.2, 0.25) is 11.8 Å². The second kappa shape index (κ2) is 8.03. The Morgan fingerprint density at radius 2 is 1.60 bits per heavy atom. The molecule has 0 fully saturated rings. The molecule has 1 aromatic heterocycles. The van der Waals surface area contributed by atoms with Crippen molar-refractivity contribution in [3.63, 3.8) is 0 Å². The van der Waals surface area contributed by atoms with Crippen LogP contribution in [0.1, 0.15) is 51.6 Å². The molecule has 0 saturated heterocycles. The molecular formula is C25H25N3O2. The minimum Gasteiger partial charge on any atom is -0.366 e. The van der Waals surface area contributed by atoms with E-state index >= 15 is 0 Å². The molecule has 0 saturated carbocycles. The number of hydrogen-bond donors (Lipinski definition) is 2. The Kier molecular flexibility index (Phi) is 5.27. The van der Waals surface area contributed by atoms with Crippen LogP contribution < -0.4 is 11.5 Å². The Hall–Kier alpha value is -3.60. The first kappa shape index (κ1) is 19.7. The maximum absolute atomic E-state index is 12.1. The van der Waals surface area contributed by atoms with Crippen molar-refractivity contribution in [2.45, 2.75) is 32.7 Å². The summed E-state index contributed by atoms with van der Waals surface area (Å²) in [6, 6.07) is 19.3. The number of primary amides is 2. The standard InChI is InChI=1S/C25H25N3O2/c1-2-3-7-16-12-13-19-22(14-16)28(15-17-8-4-5-9-18(17)24(26)29)21-11-6-10-20(23(19)21)25(27)30/h4-6,8-14H,2-3,7,15H2,1H3,(H2,26,29)(H2,27,30). The molecule has 0 atom stereocenters. The van der Waals surface area contributed by atoms with Crippen molar-refractivity contribution in [2.75, 3.05) is 0 Å². The number of unbranched alkanes of at least 4 members (excludes halogenated alkanes) is 1. The topological polar surface area (TPSA) is 91.1 Å². The van der Waals surface area contributed by atoms with Crippen LogP contribution in [0.5, 0.6) is 0 Å². The Labute approximate surface area is 175 Å². The highest BCUT2D eigenvalue weighted by atomic mass is 16.1. The first-order valence-corrected chi connectivity index (χ1v) is 10.2. The monoisotopic (exact) mass is 399 g/mol. The lowest BCUT2D eigenvalue weighted by Gasteiger charge is -2.11. The van der Waals surface area contributed by atoms with Gasteiger partial charge in [0.1, 0.15) is 0 Å². The number of carbonyl (C=O) groups is 2. The van der Waals surface area contributed by atoms with E-state index in [9.17, 15) is 9.59 Å². The SMILES string of the molecule is CCCCc1ccc2c3c(C(N)=O)cccc3n(Cc3ccccc3C(N)=O)c2c1. The first-order valence-electron chi connectivity index (χ1n) is 10.2. The average Bonchev–Trinajstić information content (AvgIpc) is 3.05. The highest BCUT2D eigenvalue weighted by Gasteiger charge is 2.18. The van der Waals surface area contributed by atoms with E-state index in [0.29, 0.717) is 17.7 Å². The van der Waals surface area contributed by atoms with Gasteiger partial charge >= 0.3 is 0 Å². The van der Waals surface area contributed by atoms with Crippen molar-refractivity contribution < 1.29 is 9.59 Å². The fourth-order valence-corrected chi connectivity index (χ4v) is 4.17. The summed E-state index contributed by atoms with van der Waals surface area (Å²) >= 11 is 0. The van der Waals surface area contributed by atoms with Crippen LogP contribution >= 0.6 is 0 Å². The molecule has 0 aliphatic rings. The smallest absolute Gasteiger partial charge is 0.249 e. The third kappa shape index (κ3) is 3.43. The third-order valence-electron chi connectivity index (χ3n) is 5.65. The van der Waals surface area contributed by atoms with E-state index < -0.39 is 11.8 Å². The van der Waals surface area contributed by atoms with Crippen molar-refractivity contribution in [1.82, 2.24) is 4.57 Å². The second-order valence-corrected chi connectivity index (χ2v) is 7.63. The fraction of sp³-hybridized carbons (Fsp3) is 0.200. The van der Waals surface area contributed by atoms with Crippen LogP contribution in [-0.2, 0) is 13.0 Å². The molecule has 0 spiro atoms. The number of rotatable bonds is 7. The fourth-order valence-electron chi connectivity index (χ4n) is 4.17. The molecular weight excluding hydrogens is 374 g/mol. The van der Waals surface area contributed by atoms with Gasteiger partial charge in [-0.05, 0) is 48.2 Å². The van der Waals surface area contributed by atoms with Gasteiger partial charge in [0.25, 0.3) is 0 Å². The zero-order chi connectivity index (χ0) is 21.3. The minimum atomic E-state index is -0.452. The molecule has 4 aromatic rings. The maximum Gasteiger partial charge on any atom is 0.249 e. The van der Waals surface area contributed by atoms with Crippen LogP contribution in [-0.4, -0.2) is 16.4 Å². The minimum absolute atomic E-state index is 0.451. The predicted octanol–water partition coefficient (Wildman–Crippen LogP) is 4.38. The number of nitrogens with zero attached hydrogens (tertiary/aromatic N) is 1. The zero-order valence-electron chi connectivity index (χ0n) is 17.0. The van der Waals surface area contributed by atoms with E-state index in [1.165, 1.54) is 5.56 Å². The molecule has 4 N–H and O–H groups in total. The molecule has 0 unspecified atom stereocenters. The van der Waals surface area contributed by atoms with Crippen molar-refractivity contribution in [3.8, 4) is 0 Å². The van der Waals surface area contributed by atoms with E-state index in [1.54, 1.807) is 12.1 Å². The number of fused-ring (bicyclic) bond motifs is 3. The van der Waals surface area contributed by atoms with Gasteiger partial charge in [-0.3, -0.25) is 9.59 Å². The number of benzene rings is 3. The normalized spacial score (nSPS) is 11.2. The molecule has 30 heavy (non-hydrogen) atoms. The maximum atomic E-state index is 12.1. The van der Waals surface area contributed by atoms with Gasteiger partial charge < -0.3 is 16.0 Å². The van der Waals surface area contributed by atoms with Gasteiger partial charge in [0, 0.05) is 34.0 Å². The van der Waals surface area contributed by atoms with Gasteiger partial charge in [-0.15, -0.1) is 0 Å². The van der Waals surface area contributed by atoms with Crippen LogP contribution in [0.2, 0.25) is 0 Å². The summed E-state index contributed by atoms with van der Waals surface area (Å²) in [6.07, 6.45) is 3.23. The van der Waals surface area contributed by atoms with Crippen LogP contribution in [0.3, 0.4) is 0 Å². The Balaban J connectivity index is 1.99. The van der Waals surface area contributed by atoms with E-state index in [4.69, 9.17) is 11.5 Å². The molecule has 4 rings (SSSR count). The van der Waals surface area contributed by atoms with Crippen molar-refractivity contribution in [2.24, 2.45) is 11.5 Å². The van der Waals surface area contributed by atoms with E-state index in [-0.39, 0.29) is 0 Å². The molecule has 3 aromatic carbocycles. The first-order chi connectivity index (χ1) is 14.5. The summed E-state index contributed by atoms with van der Waals surface area (Å²) in [5, 5.41) is 1.83. The molecule has 0 bridgehead atoms. The summed E-state index contributed by atoms with van der Waals surface area (Å²) < 4.78 is 2.15. The number of amides is 2. The van der Waals surface area contributed by atoms with Crippen LogP contribution in [0.25, 0.3) is 21.8 Å². The van der Waals surface area contributed by atoms with Crippen LogP contribution in [0, 0.1) is 0 Å². The lowest BCUT2D eigenvalue weighted by molar-refractivity contribution is 0.0992. The summed E-state index contributed by atoms with van der Waals surface area (Å²) in [5.74, 6) is -0.903. The van der Waals surface area contributed by atoms with E-state index in [1.807, 2.05) is 30.3 Å². The van der Waals surface area contributed by atoms with Crippen molar-refractivity contribution >= 4 is 33.6 Å². The van der Waals surface area contributed by atoms with Gasteiger partial charge in [-0.2, -0.15) is 0 Å². The molecule has 152 valence electrons. The Bertz CT molecular complexity index is 1270. The van der Waals surface area contributed by atoms with E-state index in [2.05, 4.69) is 29.7 Å². The summed E-state index contributed by atoms with van der Waals surface area (Å²) in [4.78, 5) is 24.1. The largest absolute Gasteiger partial charge is 0.366 e. The predicted molar refractivity (Wildman–Crippen MR) is 121 cm³/mol. The molecule has 2 amide bonds. The van der Waals surface area contributed by atoms with Gasteiger partial charge in [0.15, 0.2) is 0 Å². The molecule has 5 heteroatoms. The number of aromatic nitrogens is 1. The quantitative estimate of drug-likeness (QED) is 0.483. The zero-order valence-corrected chi connectivity index (χ0v) is 17.0. The molecule has 0 aliphatic carbocycles. The van der Waals surface area contributed by atoms with Crippen LogP contribution in [0.15, 0.2) is 60.7 Å². The summed E-state index contributed by atoms with van der Waals surface area (Å²) in [6.45, 7) is 2.65. The number of aryl methyl sites for hydroxylation is 1. The Morgan fingerprint density at radius 1 is 0.867 bits per heavy atom. The van der Waals surface area contributed by atoms with Gasteiger partial charge in [-0.25, -0.2) is 0 Å². The molecule has 0 aliphatic heterocycles. The summed E-state index contributed by atoms with van der Waals surface area (Å²) in [5.41, 5.74) is 16.3. The second-order valence-electron chi connectivity index (χ2n) is 7.63. The van der Waals surface area contributed by atoms with Crippen molar-refractivity contribution in [3.05, 3.63) is 82.9 Å². The average molecular weight is 399 g/mol. The highest BCUT2D eigenvalue weighted by molar-refractivity contribution is 6.18. The highest BCUT2D eigenvalue weighted by Crippen LogP contribution is 2.33. The van der Waals surface area contributed by atoms with E-state index in [0.717, 1.165) is 46.6 Å². The lowest BCUT2D eigenvalue weighted by Crippen LogP contribution is -2.15. The third-order valence-corrected chi connectivity index (χ3v) is 5.65. The van der Waals surface area contributed by atoms with Crippen molar-refractivity contribution in [1.29, 1.82) is 0 Å². The Morgan fingerprint density at radius 3 is 2.33 bits per heavy atom. The van der Waals surface area contributed by atoms with Gasteiger partial charge in [0.05, 0.1) is 5.52 Å². The number of hydrogen-bond acceptors (Lipinski definition) is 2.